The molecule has 0 aliphatic rings. The molecule has 8 nitrogen and oxygen atoms in total. The molecular weight excluding hydrogens is 608 g/mol. The van der Waals surface area contributed by atoms with E-state index in [2.05, 4.69) is 27.7 Å². The summed E-state index contributed by atoms with van der Waals surface area (Å²) < 4.78 is 16.3. The molecule has 0 amide bonds. The molecule has 48 heavy (non-hydrogen) atoms. The number of ether oxygens (including phenoxy) is 3. The topological polar surface area (TPSA) is 119 Å². The number of phenolic OH excluding ortho intramolecular Hbond substituents is 1. The minimum Gasteiger partial charge on any atom is -0.508 e. The lowest BCUT2D eigenvalue weighted by molar-refractivity contribution is -0.134. The van der Waals surface area contributed by atoms with Gasteiger partial charge in [0.1, 0.15) is 23.0 Å². The molecule has 0 bridgehead atoms. The molecule has 0 saturated carbocycles. The quantitative estimate of drug-likeness (QED) is 0.0974. The Labute approximate surface area is 280 Å². The first-order valence-corrected chi connectivity index (χ1v) is 15.2. The molecule has 0 saturated heterocycles. The fourth-order valence-corrected chi connectivity index (χ4v) is 4.98. The molecule has 0 aliphatic heterocycles. The van der Waals surface area contributed by atoms with E-state index < -0.39 is 18.1 Å². The molecule has 5 rings (SSSR count). The van der Waals surface area contributed by atoms with Crippen LogP contribution >= 0.6 is 0 Å². The number of esters is 1. The normalized spacial score (nSPS) is 11.0. The number of hydrogen-bond donors (Lipinski definition) is 2. The second kappa shape index (κ2) is 15.1. The SMILES string of the molecule is CC(=O)O.CC(C)(c1ccc(O)cc1)c1ccc(OC(=O)Oc2ccc(C(C)(C)c3ccc(OC(=O)c4ccccc4)cc3)cc2)cc1. The number of benzene rings is 5. The Balaban J connectivity index is 0.00000123. The largest absolute Gasteiger partial charge is 0.519 e. The molecule has 0 aromatic heterocycles. The molecular formula is C40H38O8. The summed E-state index contributed by atoms with van der Waals surface area (Å²) in [5, 5.41) is 17.0. The van der Waals surface area contributed by atoms with Gasteiger partial charge in [-0.15, -0.1) is 0 Å². The number of aliphatic carboxylic acids is 1. The Morgan fingerprint density at radius 2 is 0.812 bits per heavy atom. The number of carbonyl (C=O) groups is 3. The van der Waals surface area contributed by atoms with Gasteiger partial charge < -0.3 is 24.4 Å². The van der Waals surface area contributed by atoms with Crippen molar-refractivity contribution in [3.05, 3.63) is 155 Å². The van der Waals surface area contributed by atoms with E-state index >= 15 is 0 Å². The highest BCUT2D eigenvalue weighted by molar-refractivity contribution is 5.90. The van der Waals surface area contributed by atoms with Gasteiger partial charge >= 0.3 is 12.1 Å². The number of aromatic hydroxyl groups is 1. The van der Waals surface area contributed by atoms with Gasteiger partial charge in [-0.3, -0.25) is 4.79 Å². The number of rotatable bonds is 8. The maximum Gasteiger partial charge on any atom is 0.519 e. The van der Waals surface area contributed by atoms with Crippen LogP contribution in [0.15, 0.2) is 127 Å². The van der Waals surface area contributed by atoms with Gasteiger partial charge in [0.2, 0.25) is 0 Å². The zero-order valence-corrected chi connectivity index (χ0v) is 27.5. The third-order valence-electron chi connectivity index (χ3n) is 7.94. The minimum atomic E-state index is -0.833. The average Bonchev–Trinajstić information content (AvgIpc) is 3.06. The number of carbonyl (C=O) groups excluding carboxylic acids is 2. The fraction of sp³-hybridized carbons (Fsp3) is 0.175. The highest BCUT2D eigenvalue weighted by Gasteiger charge is 2.25. The van der Waals surface area contributed by atoms with Crippen molar-refractivity contribution in [3.8, 4) is 23.0 Å². The van der Waals surface area contributed by atoms with Crippen LogP contribution in [0.2, 0.25) is 0 Å². The van der Waals surface area contributed by atoms with Gasteiger partial charge in [0.05, 0.1) is 5.56 Å². The van der Waals surface area contributed by atoms with Crippen LogP contribution in [0.4, 0.5) is 4.79 Å². The molecule has 5 aromatic rings. The third kappa shape index (κ3) is 9.10. The first-order valence-electron chi connectivity index (χ1n) is 15.2. The van der Waals surface area contributed by atoms with Gasteiger partial charge in [-0.1, -0.05) is 94.4 Å². The van der Waals surface area contributed by atoms with Crippen LogP contribution in [0.3, 0.4) is 0 Å². The molecule has 0 atom stereocenters. The maximum atomic E-state index is 12.5. The lowest BCUT2D eigenvalue weighted by Gasteiger charge is -2.26. The van der Waals surface area contributed by atoms with Gasteiger partial charge in [0.25, 0.3) is 5.97 Å². The van der Waals surface area contributed by atoms with Crippen LogP contribution in [0.25, 0.3) is 0 Å². The fourth-order valence-electron chi connectivity index (χ4n) is 4.98. The Morgan fingerprint density at radius 1 is 0.500 bits per heavy atom. The van der Waals surface area contributed by atoms with E-state index in [0.717, 1.165) is 29.2 Å². The summed E-state index contributed by atoms with van der Waals surface area (Å²) in [5.74, 6) is 0.189. The van der Waals surface area contributed by atoms with Crippen LogP contribution in [0.1, 0.15) is 67.2 Å². The number of hydrogen-bond acceptors (Lipinski definition) is 7. The van der Waals surface area contributed by atoms with Crippen molar-refractivity contribution in [2.45, 2.75) is 45.4 Å². The van der Waals surface area contributed by atoms with Crippen LogP contribution in [-0.2, 0) is 15.6 Å². The maximum absolute atomic E-state index is 12.5. The number of carboxylic acids is 1. The Hall–Kier alpha value is -5.89. The van der Waals surface area contributed by atoms with Crippen molar-refractivity contribution in [1.82, 2.24) is 0 Å². The second-order valence-electron chi connectivity index (χ2n) is 12.1. The molecule has 5 aromatic carbocycles. The van der Waals surface area contributed by atoms with E-state index in [1.807, 2.05) is 54.6 Å². The summed E-state index contributed by atoms with van der Waals surface area (Å²) in [7, 11) is 0. The summed E-state index contributed by atoms with van der Waals surface area (Å²) in [4.78, 5) is 33.9. The smallest absolute Gasteiger partial charge is 0.508 e. The van der Waals surface area contributed by atoms with Crippen molar-refractivity contribution in [1.29, 1.82) is 0 Å². The van der Waals surface area contributed by atoms with E-state index in [4.69, 9.17) is 24.1 Å². The van der Waals surface area contributed by atoms with Gasteiger partial charge in [-0.05, 0) is 82.9 Å². The molecule has 0 unspecified atom stereocenters. The van der Waals surface area contributed by atoms with Crippen LogP contribution in [0.5, 0.6) is 23.0 Å². The van der Waals surface area contributed by atoms with E-state index in [0.29, 0.717) is 22.8 Å². The lowest BCUT2D eigenvalue weighted by atomic mass is 9.78. The van der Waals surface area contributed by atoms with E-state index in [1.165, 1.54) is 0 Å². The Bertz CT molecular complexity index is 1820. The highest BCUT2D eigenvalue weighted by atomic mass is 16.7. The number of phenols is 1. The molecule has 0 radical (unpaired) electrons. The third-order valence-corrected chi connectivity index (χ3v) is 7.94. The summed E-state index contributed by atoms with van der Waals surface area (Å²) in [6, 6.07) is 38.0. The van der Waals surface area contributed by atoms with Gasteiger partial charge in [0.15, 0.2) is 0 Å². The van der Waals surface area contributed by atoms with E-state index in [9.17, 15) is 14.7 Å². The van der Waals surface area contributed by atoms with Crippen molar-refractivity contribution in [2.24, 2.45) is 0 Å². The molecule has 246 valence electrons. The van der Waals surface area contributed by atoms with Gasteiger partial charge in [-0.2, -0.15) is 0 Å². The lowest BCUT2D eigenvalue weighted by Crippen LogP contribution is -2.19. The summed E-state index contributed by atoms with van der Waals surface area (Å²) in [6.45, 7) is 9.45. The first kappa shape index (κ1) is 35.0. The summed E-state index contributed by atoms with van der Waals surface area (Å²) in [5.41, 5.74) is 3.95. The van der Waals surface area contributed by atoms with E-state index in [-0.39, 0.29) is 16.6 Å². The summed E-state index contributed by atoms with van der Waals surface area (Å²) >= 11 is 0. The Morgan fingerprint density at radius 3 is 1.17 bits per heavy atom. The molecule has 0 heterocycles. The highest BCUT2D eigenvalue weighted by Crippen LogP contribution is 2.35. The molecule has 0 aliphatic carbocycles. The monoisotopic (exact) mass is 646 g/mol. The molecule has 0 spiro atoms. The van der Waals surface area contributed by atoms with Crippen LogP contribution < -0.4 is 14.2 Å². The zero-order chi connectivity index (χ0) is 34.9. The van der Waals surface area contributed by atoms with Crippen LogP contribution in [-0.4, -0.2) is 28.3 Å². The van der Waals surface area contributed by atoms with E-state index in [1.54, 1.807) is 72.8 Å². The Kier molecular flexibility index (Phi) is 11.0. The minimum absolute atomic E-state index is 0.223. The van der Waals surface area contributed by atoms with Crippen molar-refractivity contribution < 1.29 is 38.8 Å². The number of carboxylic acid groups (broad SMARTS) is 1. The average molecular weight is 647 g/mol. The zero-order valence-electron chi connectivity index (χ0n) is 27.5. The van der Waals surface area contributed by atoms with Crippen LogP contribution in [0, 0.1) is 0 Å². The first-order chi connectivity index (χ1) is 22.8. The standard InChI is InChI=1S/C38H34O6.C2H4O2/c1-37(2,27-10-18-31(39)19-11-27)29-14-22-33(23-15-29)43-36(41)44-34-24-16-30(17-25-34)38(3,4)28-12-20-32(21-13-28)42-35(40)26-8-6-5-7-9-26;1-2(3)4/h5-25,39H,1-4H3;1H3,(H,3,4). The second-order valence-corrected chi connectivity index (χ2v) is 12.1. The molecule has 0 fully saturated rings. The van der Waals surface area contributed by atoms with Crippen molar-refractivity contribution in [2.75, 3.05) is 0 Å². The predicted molar refractivity (Wildman–Crippen MR) is 183 cm³/mol. The molecule has 8 heteroatoms. The van der Waals surface area contributed by atoms with Gasteiger partial charge in [0, 0.05) is 17.8 Å². The summed E-state index contributed by atoms with van der Waals surface area (Å²) in [6.07, 6.45) is -0.830. The van der Waals surface area contributed by atoms with Crippen molar-refractivity contribution in [3.63, 3.8) is 0 Å². The molecule has 2 N–H and O–H groups in total. The predicted octanol–water partition coefficient (Wildman–Crippen LogP) is 8.93. The van der Waals surface area contributed by atoms with Gasteiger partial charge in [-0.25, -0.2) is 9.59 Å². The van der Waals surface area contributed by atoms with Crippen molar-refractivity contribution >= 4 is 18.1 Å².